The minimum Gasteiger partial charge on any atom is -0.355 e. The SMILES string of the molecule is CCN1CCN(C(=O)c2cc(Nc3cccc(NC(C)=O)c3)ccn2)CC1. The number of benzene rings is 1. The van der Waals surface area contributed by atoms with Gasteiger partial charge < -0.3 is 20.4 Å². The number of carbonyl (C=O) groups is 2. The first-order valence-corrected chi connectivity index (χ1v) is 9.17. The van der Waals surface area contributed by atoms with Gasteiger partial charge in [0.1, 0.15) is 5.69 Å². The lowest BCUT2D eigenvalue weighted by Crippen LogP contribution is -2.48. The van der Waals surface area contributed by atoms with Crippen LogP contribution in [-0.2, 0) is 4.79 Å². The molecule has 2 N–H and O–H groups in total. The van der Waals surface area contributed by atoms with Crippen LogP contribution in [0.1, 0.15) is 24.3 Å². The van der Waals surface area contributed by atoms with E-state index >= 15 is 0 Å². The lowest BCUT2D eigenvalue weighted by Gasteiger charge is -2.33. The number of amides is 2. The fraction of sp³-hybridized carbons (Fsp3) is 0.350. The first-order chi connectivity index (χ1) is 13.0. The molecule has 0 atom stereocenters. The summed E-state index contributed by atoms with van der Waals surface area (Å²) >= 11 is 0. The molecule has 0 saturated carbocycles. The number of carbonyl (C=O) groups excluding carboxylic acids is 2. The number of pyridine rings is 1. The van der Waals surface area contributed by atoms with Crippen LogP contribution in [0.5, 0.6) is 0 Å². The summed E-state index contributed by atoms with van der Waals surface area (Å²) in [5, 5.41) is 6.02. The normalized spacial score (nSPS) is 14.7. The van der Waals surface area contributed by atoms with Gasteiger partial charge in [-0.25, -0.2) is 0 Å². The molecule has 142 valence electrons. The van der Waals surface area contributed by atoms with Crippen molar-refractivity contribution in [3.05, 3.63) is 48.3 Å². The first kappa shape index (κ1) is 18.8. The molecule has 1 aromatic heterocycles. The van der Waals surface area contributed by atoms with E-state index in [1.165, 1.54) is 6.92 Å². The van der Waals surface area contributed by atoms with Gasteiger partial charge >= 0.3 is 0 Å². The summed E-state index contributed by atoms with van der Waals surface area (Å²) < 4.78 is 0. The van der Waals surface area contributed by atoms with Gasteiger partial charge in [-0.2, -0.15) is 0 Å². The van der Waals surface area contributed by atoms with E-state index in [0.29, 0.717) is 11.4 Å². The lowest BCUT2D eigenvalue weighted by atomic mass is 10.2. The van der Waals surface area contributed by atoms with Gasteiger partial charge in [-0.1, -0.05) is 13.0 Å². The highest BCUT2D eigenvalue weighted by atomic mass is 16.2. The maximum atomic E-state index is 12.7. The maximum Gasteiger partial charge on any atom is 0.272 e. The molecule has 7 heteroatoms. The van der Waals surface area contributed by atoms with Crippen molar-refractivity contribution < 1.29 is 9.59 Å². The highest BCUT2D eigenvalue weighted by Crippen LogP contribution is 2.21. The van der Waals surface area contributed by atoms with Gasteiger partial charge in [0, 0.05) is 56.4 Å². The molecule has 1 aliphatic heterocycles. The highest BCUT2D eigenvalue weighted by Gasteiger charge is 2.22. The Labute approximate surface area is 159 Å². The Hall–Kier alpha value is -2.93. The number of piperazine rings is 1. The molecule has 0 spiro atoms. The fourth-order valence-electron chi connectivity index (χ4n) is 3.10. The van der Waals surface area contributed by atoms with E-state index in [9.17, 15) is 9.59 Å². The van der Waals surface area contributed by atoms with Gasteiger partial charge in [0.05, 0.1) is 0 Å². The molecule has 2 aromatic rings. The number of hydrogen-bond donors (Lipinski definition) is 2. The van der Waals surface area contributed by atoms with E-state index < -0.39 is 0 Å². The Bertz CT molecular complexity index is 816. The van der Waals surface area contributed by atoms with Crippen molar-refractivity contribution in [2.75, 3.05) is 43.4 Å². The summed E-state index contributed by atoms with van der Waals surface area (Å²) in [6.45, 7) is 7.87. The van der Waals surface area contributed by atoms with Crippen LogP contribution in [0.15, 0.2) is 42.6 Å². The number of nitrogens with one attached hydrogen (secondary N) is 2. The Balaban J connectivity index is 1.69. The van der Waals surface area contributed by atoms with Crippen molar-refractivity contribution in [3.63, 3.8) is 0 Å². The standard InChI is InChI=1S/C20H25N5O2/c1-3-24-9-11-25(12-10-24)20(27)19-14-18(7-8-21-19)23-17-6-4-5-16(13-17)22-15(2)26/h4-8,13-14H,3,9-12H2,1-2H3,(H,21,23)(H,22,26). The zero-order chi connectivity index (χ0) is 19.2. The Kier molecular flexibility index (Phi) is 6.03. The summed E-state index contributed by atoms with van der Waals surface area (Å²) in [6.07, 6.45) is 1.63. The van der Waals surface area contributed by atoms with E-state index in [2.05, 4.69) is 27.4 Å². The largest absolute Gasteiger partial charge is 0.355 e. The summed E-state index contributed by atoms with van der Waals surface area (Å²) in [5.41, 5.74) is 2.75. The molecule has 1 fully saturated rings. The Morgan fingerprint density at radius 2 is 1.74 bits per heavy atom. The second-order valence-electron chi connectivity index (χ2n) is 6.54. The summed E-state index contributed by atoms with van der Waals surface area (Å²) in [6, 6.07) is 11.0. The van der Waals surface area contributed by atoms with E-state index in [1.807, 2.05) is 35.2 Å². The van der Waals surface area contributed by atoms with Crippen molar-refractivity contribution in [1.29, 1.82) is 0 Å². The zero-order valence-corrected chi connectivity index (χ0v) is 15.7. The molecule has 2 amide bonds. The second-order valence-corrected chi connectivity index (χ2v) is 6.54. The van der Waals surface area contributed by atoms with Crippen molar-refractivity contribution in [1.82, 2.24) is 14.8 Å². The van der Waals surface area contributed by atoms with Gasteiger partial charge in [0.25, 0.3) is 5.91 Å². The Morgan fingerprint density at radius 3 is 2.44 bits per heavy atom. The second kappa shape index (κ2) is 8.64. The summed E-state index contributed by atoms with van der Waals surface area (Å²) in [4.78, 5) is 32.4. The number of aromatic nitrogens is 1. The number of anilines is 3. The topological polar surface area (TPSA) is 77.6 Å². The molecular weight excluding hydrogens is 342 g/mol. The van der Waals surface area contributed by atoms with E-state index in [0.717, 1.165) is 44.1 Å². The van der Waals surface area contributed by atoms with Crippen LogP contribution in [0, 0.1) is 0 Å². The average Bonchev–Trinajstić information content (AvgIpc) is 2.67. The third-order valence-corrected chi connectivity index (χ3v) is 4.56. The van der Waals surface area contributed by atoms with Crippen LogP contribution >= 0.6 is 0 Å². The third-order valence-electron chi connectivity index (χ3n) is 4.56. The molecule has 2 heterocycles. The number of rotatable bonds is 5. The molecule has 0 bridgehead atoms. The molecule has 0 unspecified atom stereocenters. The molecule has 0 aliphatic carbocycles. The van der Waals surface area contributed by atoms with Gasteiger partial charge in [-0.15, -0.1) is 0 Å². The van der Waals surface area contributed by atoms with Crippen LogP contribution in [0.25, 0.3) is 0 Å². The van der Waals surface area contributed by atoms with Gasteiger partial charge in [-0.05, 0) is 36.9 Å². The molecule has 1 saturated heterocycles. The maximum absolute atomic E-state index is 12.7. The minimum absolute atomic E-state index is 0.0404. The highest BCUT2D eigenvalue weighted by molar-refractivity contribution is 5.93. The number of nitrogens with zero attached hydrogens (tertiary/aromatic N) is 3. The minimum atomic E-state index is -0.118. The number of hydrogen-bond acceptors (Lipinski definition) is 5. The van der Waals surface area contributed by atoms with E-state index in [-0.39, 0.29) is 11.8 Å². The zero-order valence-electron chi connectivity index (χ0n) is 15.7. The van der Waals surface area contributed by atoms with Crippen LogP contribution in [-0.4, -0.2) is 59.3 Å². The molecule has 1 aromatic carbocycles. The molecule has 7 nitrogen and oxygen atoms in total. The average molecular weight is 367 g/mol. The predicted molar refractivity (Wildman–Crippen MR) is 106 cm³/mol. The van der Waals surface area contributed by atoms with Crippen molar-refractivity contribution >= 4 is 28.9 Å². The van der Waals surface area contributed by atoms with Crippen LogP contribution in [0.4, 0.5) is 17.1 Å². The molecule has 27 heavy (non-hydrogen) atoms. The lowest BCUT2D eigenvalue weighted by molar-refractivity contribution is -0.114. The third kappa shape index (κ3) is 5.04. The predicted octanol–water partition coefficient (Wildman–Crippen LogP) is 2.56. The monoisotopic (exact) mass is 367 g/mol. The van der Waals surface area contributed by atoms with Crippen LogP contribution in [0.3, 0.4) is 0 Å². The van der Waals surface area contributed by atoms with Crippen molar-refractivity contribution in [3.8, 4) is 0 Å². The van der Waals surface area contributed by atoms with Gasteiger partial charge in [0.15, 0.2) is 0 Å². The molecular formula is C20H25N5O2. The molecule has 1 aliphatic rings. The van der Waals surface area contributed by atoms with Crippen LogP contribution < -0.4 is 10.6 Å². The summed E-state index contributed by atoms with van der Waals surface area (Å²) in [7, 11) is 0. The molecule has 0 radical (unpaired) electrons. The quantitative estimate of drug-likeness (QED) is 0.849. The van der Waals surface area contributed by atoms with Gasteiger partial charge in [-0.3, -0.25) is 14.6 Å². The number of likely N-dealkylation sites (N-methyl/N-ethyl adjacent to an activating group) is 1. The van der Waals surface area contributed by atoms with Crippen molar-refractivity contribution in [2.45, 2.75) is 13.8 Å². The summed E-state index contributed by atoms with van der Waals surface area (Å²) in [5.74, 6) is -0.159. The smallest absolute Gasteiger partial charge is 0.272 e. The van der Waals surface area contributed by atoms with E-state index in [1.54, 1.807) is 12.3 Å². The Morgan fingerprint density at radius 1 is 1.04 bits per heavy atom. The molecule has 3 rings (SSSR count). The first-order valence-electron chi connectivity index (χ1n) is 9.17. The fourth-order valence-corrected chi connectivity index (χ4v) is 3.10. The van der Waals surface area contributed by atoms with Crippen molar-refractivity contribution in [2.24, 2.45) is 0 Å². The van der Waals surface area contributed by atoms with Gasteiger partial charge in [0.2, 0.25) is 5.91 Å². The van der Waals surface area contributed by atoms with E-state index in [4.69, 9.17) is 0 Å². The van der Waals surface area contributed by atoms with Crippen LogP contribution in [0.2, 0.25) is 0 Å².